The first-order valence-corrected chi connectivity index (χ1v) is 2.42. The van der Waals surface area contributed by atoms with E-state index in [9.17, 15) is 0 Å². The summed E-state index contributed by atoms with van der Waals surface area (Å²) in [5.74, 6) is 0. The van der Waals surface area contributed by atoms with Crippen LogP contribution in [0.25, 0.3) is 0 Å². The summed E-state index contributed by atoms with van der Waals surface area (Å²) in [6.45, 7) is 5.88. The van der Waals surface area contributed by atoms with Crippen LogP contribution in [0.5, 0.6) is 0 Å². The molecule has 1 aromatic rings. The summed E-state index contributed by atoms with van der Waals surface area (Å²) in [4.78, 5) is 3.83. The zero-order chi connectivity index (χ0) is 5.82. The molecule has 0 spiro atoms. The van der Waals surface area contributed by atoms with Crippen LogP contribution in [-0.4, -0.2) is 9.55 Å². The van der Waals surface area contributed by atoms with Crippen molar-refractivity contribution in [3.8, 4) is 0 Å². The van der Waals surface area contributed by atoms with Crippen molar-refractivity contribution in [2.75, 3.05) is 0 Å². The molecule has 0 aliphatic rings. The molecule has 2 heteroatoms. The minimum absolute atomic E-state index is 0.736. The van der Waals surface area contributed by atoms with E-state index in [0.29, 0.717) is 0 Å². The highest BCUT2D eigenvalue weighted by molar-refractivity contribution is 4.77. The number of allylic oxidation sites excluding steroid dienone is 1. The van der Waals surface area contributed by atoms with E-state index in [0.717, 1.165) is 6.54 Å². The Labute approximate surface area is 48.5 Å². The number of nitrogens with zero attached hydrogens (tertiary/aromatic N) is 2. The number of rotatable bonds is 2. The molecule has 0 saturated carbocycles. The SMILES string of the molecule is [CH]=CCn1ccnc1. The van der Waals surface area contributed by atoms with Crippen LogP contribution in [-0.2, 0) is 6.54 Å². The average molecular weight is 107 g/mol. The van der Waals surface area contributed by atoms with Gasteiger partial charge in [0.15, 0.2) is 0 Å². The van der Waals surface area contributed by atoms with Gasteiger partial charge in [-0.15, -0.1) is 0 Å². The molecule has 0 fully saturated rings. The molecule has 8 heavy (non-hydrogen) atoms. The smallest absolute Gasteiger partial charge is 0.0948 e. The molecule has 0 N–H and O–H groups in total. The molecule has 1 radical (unpaired) electrons. The Bertz CT molecular complexity index is 153. The third-order valence-corrected chi connectivity index (χ3v) is 0.875. The molecule has 0 aliphatic carbocycles. The van der Waals surface area contributed by atoms with Gasteiger partial charge in [0.05, 0.1) is 6.33 Å². The molecule has 2 nitrogen and oxygen atoms in total. The lowest BCUT2D eigenvalue weighted by molar-refractivity contribution is 0.821. The molecule has 1 rings (SSSR count). The molecule has 0 aliphatic heterocycles. The predicted octanol–water partition coefficient (Wildman–Crippen LogP) is 0.872. The summed E-state index contributed by atoms with van der Waals surface area (Å²) >= 11 is 0. The Balaban J connectivity index is 2.62. The van der Waals surface area contributed by atoms with E-state index in [2.05, 4.69) is 4.98 Å². The van der Waals surface area contributed by atoms with Crippen molar-refractivity contribution in [1.29, 1.82) is 0 Å². The Morgan fingerprint density at radius 2 is 2.62 bits per heavy atom. The number of imidazole rings is 1. The minimum Gasteiger partial charge on any atom is -0.334 e. The van der Waals surface area contributed by atoms with Gasteiger partial charge in [-0.1, -0.05) is 12.7 Å². The normalized spacial score (nSPS) is 9.00. The van der Waals surface area contributed by atoms with Gasteiger partial charge >= 0.3 is 0 Å². The lowest BCUT2D eigenvalue weighted by atomic mass is 10.6. The first kappa shape index (κ1) is 5.09. The second kappa shape index (κ2) is 2.31. The van der Waals surface area contributed by atoms with Gasteiger partial charge in [0.1, 0.15) is 0 Å². The van der Waals surface area contributed by atoms with Crippen molar-refractivity contribution in [2.24, 2.45) is 0 Å². The van der Waals surface area contributed by atoms with Gasteiger partial charge in [-0.3, -0.25) is 0 Å². The van der Waals surface area contributed by atoms with Crippen molar-refractivity contribution in [2.45, 2.75) is 6.54 Å². The fourth-order valence-corrected chi connectivity index (χ4v) is 0.516. The summed E-state index contributed by atoms with van der Waals surface area (Å²) in [6.07, 6.45) is 6.90. The molecule has 0 saturated heterocycles. The summed E-state index contributed by atoms with van der Waals surface area (Å²) in [5, 5.41) is 0. The van der Waals surface area contributed by atoms with Gasteiger partial charge in [0.2, 0.25) is 0 Å². The molecular formula is C6H7N2. The Hall–Kier alpha value is -1.05. The quantitative estimate of drug-likeness (QED) is 0.548. The molecule has 0 aromatic carbocycles. The van der Waals surface area contributed by atoms with Crippen LogP contribution >= 0.6 is 0 Å². The van der Waals surface area contributed by atoms with E-state index < -0.39 is 0 Å². The summed E-state index contributed by atoms with van der Waals surface area (Å²) < 4.78 is 1.89. The van der Waals surface area contributed by atoms with Crippen LogP contribution in [0, 0.1) is 6.58 Å². The molecule has 1 heterocycles. The summed E-state index contributed by atoms with van der Waals surface area (Å²) in [6, 6.07) is 0. The fraction of sp³-hybridized carbons (Fsp3) is 0.167. The number of hydrogen-bond acceptors (Lipinski definition) is 1. The van der Waals surface area contributed by atoms with Crippen molar-refractivity contribution in [3.05, 3.63) is 31.4 Å². The van der Waals surface area contributed by atoms with Crippen LogP contribution in [0.2, 0.25) is 0 Å². The fourth-order valence-electron chi connectivity index (χ4n) is 0.516. The van der Waals surface area contributed by atoms with E-state index in [-0.39, 0.29) is 0 Å². The first-order valence-electron chi connectivity index (χ1n) is 2.42. The van der Waals surface area contributed by atoms with Crippen molar-refractivity contribution in [1.82, 2.24) is 9.55 Å². The topological polar surface area (TPSA) is 17.8 Å². The predicted molar refractivity (Wildman–Crippen MR) is 31.1 cm³/mol. The van der Waals surface area contributed by atoms with Crippen LogP contribution in [0.3, 0.4) is 0 Å². The summed E-state index contributed by atoms with van der Waals surface area (Å²) in [7, 11) is 0. The van der Waals surface area contributed by atoms with Crippen LogP contribution < -0.4 is 0 Å². The van der Waals surface area contributed by atoms with E-state index >= 15 is 0 Å². The lowest BCUT2D eigenvalue weighted by Gasteiger charge is -1.89. The van der Waals surface area contributed by atoms with E-state index in [1.54, 1.807) is 18.6 Å². The maximum Gasteiger partial charge on any atom is 0.0948 e. The van der Waals surface area contributed by atoms with Gasteiger partial charge in [-0.2, -0.15) is 0 Å². The molecule has 0 unspecified atom stereocenters. The Morgan fingerprint density at radius 3 is 3.12 bits per heavy atom. The largest absolute Gasteiger partial charge is 0.334 e. The highest BCUT2D eigenvalue weighted by Gasteiger charge is 1.79. The summed E-state index contributed by atoms with van der Waals surface area (Å²) in [5.41, 5.74) is 0. The molecule has 0 amide bonds. The van der Waals surface area contributed by atoms with E-state index in [4.69, 9.17) is 6.58 Å². The molecular weight excluding hydrogens is 100 g/mol. The zero-order valence-electron chi connectivity index (χ0n) is 4.49. The average Bonchev–Trinajstić information content (AvgIpc) is 2.19. The third kappa shape index (κ3) is 0.964. The highest BCUT2D eigenvalue weighted by Crippen LogP contribution is 1.83. The van der Waals surface area contributed by atoms with Gasteiger partial charge in [0, 0.05) is 18.9 Å². The zero-order valence-corrected chi connectivity index (χ0v) is 4.49. The second-order valence-corrected chi connectivity index (χ2v) is 1.50. The van der Waals surface area contributed by atoms with Gasteiger partial charge in [-0.05, 0) is 0 Å². The third-order valence-electron chi connectivity index (χ3n) is 0.875. The molecule has 0 bridgehead atoms. The molecule has 41 valence electrons. The van der Waals surface area contributed by atoms with Crippen molar-refractivity contribution < 1.29 is 0 Å². The van der Waals surface area contributed by atoms with Crippen LogP contribution in [0.4, 0.5) is 0 Å². The van der Waals surface area contributed by atoms with Gasteiger partial charge < -0.3 is 4.57 Å². The lowest BCUT2D eigenvalue weighted by Crippen LogP contribution is -1.87. The van der Waals surface area contributed by atoms with E-state index in [1.165, 1.54) is 0 Å². The Kier molecular flexibility index (Phi) is 1.47. The van der Waals surface area contributed by atoms with Crippen molar-refractivity contribution >= 4 is 0 Å². The molecule has 0 atom stereocenters. The monoisotopic (exact) mass is 107 g/mol. The maximum absolute atomic E-state index is 5.15. The van der Waals surface area contributed by atoms with Gasteiger partial charge in [-0.25, -0.2) is 4.98 Å². The van der Waals surface area contributed by atoms with Gasteiger partial charge in [0.25, 0.3) is 0 Å². The van der Waals surface area contributed by atoms with Crippen molar-refractivity contribution in [3.63, 3.8) is 0 Å². The molecule has 1 aromatic heterocycles. The second-order valence-electron chi connectivity index (χ2n) is 1.50. The minimum atomic E-state index is 0.736. The Morgan fingerprint density at radius 1 is 1.75 bits per heavy atom. The van der Waals surface area contributed by atoms with E-state index in [1.807, 2.05) is 10.8 Å². The number of hydrogen-bond donors (Lipinski definition) is 0. The van der Waals surface area contributed by atoms with Crippen LogP contribution in [0.1, 0.15) is 0 Å². The standard InChI is InChI=1S/C6H7N2/c1-2-4-8-5-3-7-6-8/h1-3,5-6H,4H2. The highest BCUT2D eigenvalue weighted by atomic mass is 15.0. The first-order chi connectivity index (χ1) is 3.93. The number of aromatic nitrogens is 2. The van der Waals surface area contributed by atoms with Crippen LogP contribution in [0.15, 0.2) is 24.8 Å². The maximum atomic E-state index is 5.15.